The quantitative estimate of drug-likeness (QED) is 0.223. The molecule has 2 heterocycles. The number of benzene rings is 3. The molecule has 0 spiro atoms. The van der Waals surface area contributed by atoms with E-state index in [-0.39, 0.29) is 23.7 Å². The van der Waals surface area contributed by atoms with Crippen molar-refractivity contribution in [2.45, 2.75) is 12.5 Å². The van der Waals surface area contributed by atoms with Crippen LogP contribution in [0.15, 0.2) is 72.3 Å². The van der Waals surface area contributed by atoms with E-state index in [4.69, 9.17) is 14.2 Å². The number of aliphatic hydroxyl groups is 1. The van der Waals surface area contributed by atoms with Gasteiger partial charge in [-0.3, -0.25) is 19.3 Å². The summed E-state index contributed by atoms with van der Waals surface area (Å²) in [7, 11) is 4.79. The zero-order valence-corrected chi connectivity index (χ0v) is 21.8. The van der Waals surface area contributed by atoms with Crippen molar-refractivity contribution in [3.05, 3.63) is 89.0 Å². The SMILES string of the molecule is COC(=O)Cc1ccc(N2C(=O)C(=O)/C(=C(\O)c3ccc4c(c3)N(C)CCO4)C2c2ccc(OC)cc2)cc1. The fourth-order valence-electron chi connectivity index (χ4n) is 4.87. The first kappa shape index (κ1) is 25.8. The molecule has 200 valence electrons. The molecule has 5 rings (SSSR count). The van der Waals surface area contributed by atoms with Crippen molar-refractivity contribution >= 4 is 34.8 Å². The Labute approximate surface area is 225 Å². The first-order chi connectivity index (χ1) is 18.8. The molecule has 1 N–H and O–H groups in total. The highest BCUT2D eigenvalue weighted by atomic mass is 16.5. The number of amides is 1. The molecule has 2 aliphatic heterocycles. The minimum absolute atomic E-state index is 0.0249. The van der Waals surface area contributed by atoms with Crippen LogP contribution >= 0.6 is 0 Å². The fraction of sp³-hybridized carbons (Fsp3) is 0.233. The molecule has 9 nitrogen and oxygen atoms in total. The van der Waals surface area contributed by atoms with E-state index in [1.54, 1.807) is 73.8 Å². The van der Waals surface area contributed by atoms with Crippen LogP contribution in [0.1, 0.15) is 22.7 Å². The molecule has 3 aromatic rings. The summed E-state index contributed by atoms with van der Waals surface area (Å²) in [6.45, 7) is 1.23. The first-order valence-electron chi connectivity index (χ1n) is 12.4. The maximum atomic E-state index is 13.5. The highest BCUT2D eigenvalue weighted by Gasteiger charge is 2.47. The minimum atomic E-state index is -0.896. The van der Waals surface area contributed by atoms with Crippen LogP contribution in [0.25, 0.3) is 5.76 Å². The van der Waals surface area contributed by atoms with Crippen LogP contribution in [0, 0.1) is 0 Å². The van der Waals surface area contributed by atoms with E-state index in [2.05, 4.69) is 0 Å². The second kappa shape index (κ2) is 10.5. The summed E-state index contributed by atoms with van der Waals surface area (Å²) in [5.41, 5.74) is 2.92. The Morgan fingerprint density at radius 1 is 1.03 bits per heavy atom. The predicted octanol–water partition coefficient (Wildman–Crippen LogP) is 3.87. The monoisotopic (exact) mass is 528 g/mol. The van der Waals surface area contributed by atoms with Gasteiger partial charge in [-0.1, -0.05) is 24.3 Å². The number of carbonyl (C=O) groups is 3. The van der Waals surface area contributed by atoms with Gasteiger partial charge in [-0.05, 0) is 53.6 Å². The summed E-state index contributed by atoms with van der Waals surface area (Å²) < 4.78 is 15.7. The van der Waals surface area contributed by atoms with Crippen LogP contribution < -0.4 is 19.3 Å². The van der Waals surface area contributed by atoms with E-state index in [0.29, 0.717) is 47.0 Å². The van der Waals surface area contributed by atoms with E-state index >= 15 is 0 Å². The summed E-state index contributed by atoms with van der Waals surface area (Å²) in [5.74, 6) is -0.936. The molecular formula is C30H28N2O7. The van der Waals surface area contributed by atoms with Gasteiger partial charge < -0.3 is 24.2 Å². The fourth-order valence-corrected chi connectivity index (χ4v) is 4.87. The lowest BCUT2D eigenvalue weighted by Crippen LogP contribution is -2.29. The zero-order valence-electron chi connectivity index (χ0n) is 21.8. The topological polar surface area (TPSA) is 106 Å². The van der Waals surface area contributed by atoms with Gasteiger partial charge in [-0.15, -0.1) is 0 Å². The van der Waals surface area contributed by atoms with Gasteiger partial charge in [-0.25, -0.2) is 0 Å². The molecule has 1 saturated heterocycles. The Balaban J connectivity index is 1.62. The second-order valence-electron chi connectivity index (χ2n) is 9.31. The Kier molecular flexibility index (Phi) is 6.98. The van der Waals surface area contributed by atoms with Gasteiger partial charge in [-0.2, -0.15) is 0 Å². The number of methoxy groups -OCH3 is 2. The largest absolute Gasteiger partial charge is 0.507 e. The second-order valence-corrected chi connectivity index (χ2v) is 9.31. The smallest absolute Gasteiger partial charge is 0.309 e. The van der Waals surface area contributed by atoms with Crippen LogP contribution in [0.5, 0.6) is 11.5 Å². The van der Waals surface area contributed by atoms with Crippen LogP contribution in [-0.4, -0.2) is 57.2 Å². The van der Waals surface area contributed by atoms with E-state index in [9.17, 15) is 19.5 Å². The number of nitrogens with zero attached hydrogens (tertiary/aromatic N) is 2. The Morgan fingerprint density at radius 2 is 1.74 bits per heavy atom. The molecule has 0 aliphatic carbocycles. The van der Waals surface area contributed by atoms with Gasteiger partial charge >= 0.3 is 5.97 Å². The standard InChI is InChI=1S/C30H28N2O7/c1-31-14-15-39-24-13-8-20(17-23(24)31)28(34)26-27(19-6-11-22(37-2)12-7-19)32(30(36)29(26)35)21-9-4-18(5-10-21)16-25(33)38-3/h4-13,17,27,34H,14-16H2,1-3H3/b28-26-. The van der Waals surface area contributed by atoms with Crippen molar-refractivity contribution in [3.8, 4) is 11.5 Å². The van der Waals surface area contributed by atoms with Crippen molar-refractivity contribution in [1.82, 2.24) is 0 Å². The lowest BCUT2D eigenvalue weighted by atomic mass is 9.94. The summed E-state index contributed by atoms with van der Waals surface area (Å²) in [6, 6.07) is 18.0. The summed E-state index contributed by atoms with van der Waals surface area (Å²) in [6.07, 6.45) is 0.0774. The number of hydrogen-bond donors (Lipinski definition) is 1. The number of likely N-dealkylation sites (N-methyl/N-ethyl adjacent to an activating group) is 1. The number of ether oxygens (including phenoxy) is 3. The molecular weight excluding hydrogens is 500 g/mol. The third-order valence-electron chi connectivity index (χ3n) is 6.99. The molecule has 2 aliphatic rings. The number of carbonyl (C=O) groups excluding carboxylic acids is 3. The maximum Gasteiger partial charge on any atom is 0.309 e. The van der Waals surface area contributed by atoms with Crippen molar-refractivity contribution in [1.29, 1.82) is 0 Å². The Morgan fingerprint density at radius 3 is 2.41 bits per heavy atom. The number of Topliss-reactive ketones (excluding diaryl/α,β-unsaturated/α-hetero) is 1. The third kappa shape index (κ3) is 4.79. The van der Waals surface area contributed by atoms with Crippen LogP contribution in [0.4, 0.5) is 11.4 Å². The average Bonchev–Trinajstić information content (AvgIpc) is 3.23. The van der Waals surface area contributed by atoms with Crippen LogP contribution in [0.2, 0.25) is 0 Å². The number of aliphatic hydroxyl groups excluding tert-OH is 1. The van der Waals surface area contributed by atoms with E-state index in [1.165, 1.54) is 12.0 Å². The predicted molar refractivity (Wildman–Crippen MR) is 145 cm³/mol. The molecule has 9 heteroatoms. The first-order valence-corrected chi connectivity index (χ1v) is 12.4. The normalized spacial score (nSPS) is 18.0. The third-order valence-corrected chi connectivity index (χ3v) is 6.99. The number of rotatable bonds is 6. The van der Waals surface area contributed by atoms with E-state index in [1.807, 2.05) is 11.9 Å². The molecule has 39 heavy (non-hydrogen) atoms. The van der Waals surface area contributed by atoms with Gasteiger partial charge in [0.15, 0.2) is 0 Å². The van der Waals surface area contributed by atoms with Gasteiger partial charge in [0, 0.05) is 18.3 Å². The molecule has 1 fully saturated rings. The molecule has 0 bridgehead atoms. The average molecular weight is 529 g/mol. The van der Waals surface area contributed by atoms with Gasteiger partial charge in [0.1, 0.15) is 23.9 Å². The number of anilines is 2. The zero-order chi connectivity index (χ0) is 27.7. The minimum Gasteiger partial charge on any atom is -0.507 e. The van der Waals surface area contributed by atoms with Gasteiger partial charge in [0.05, 0.1) is 44.5 Å². The number of ketones is 1. The number of hydrogen-bond acceptors (Lipinski definition) is 8. The number of fused-ring (bicyclic) bond motifs is 1. The van der Waals surface area contributed by atoms with Crippen molar-refractivity contribution in [2.75, 3.05) is 44.2 Å². The molecule has 1 amide bonds. The Hall–Kier alpha value is -4.79. The molecule has 3 aromatic carbocycles. The highest BCUT2D eigenvalue weighted by molar-refractivity contribution is 6.51. The highest BCUT2D eigenvalue weighted by Crippen LogP contribution is 2.43. The molecule has 1 unspecified atom stereocenters. The van der Waals surface area contributed by atoms with Crippen molar-refractivity contribution in [2.24, 2.45) is 0 Å². The molecule has 0 radical (unpaired) electrons. The number of esters is 1. The molecule has 0 saturated carbocycles. The summed E-state index contributed by atoms with van der Waals surface area (Å²) in [5, 5.41) is 11.5. The van der Waals surface area contributed by atoms with Crippen molar-refractivity contribution < 1.29 is 33.7 Å². The Bertz CT molecular complexity index is 1460. The van der Waals surface area contributed by atoms with Gasteiger partial charge in [0.2, 0.25) is 0 Å². The summed E-state index contributed by atoms with van der Waals surface area (Å²) >= 11 is 0. The molecule has 0 aromatic heterocycles. The lowest BCUT2D eigenvalue weighted by Gasteiger charge is -2.28. The lowest BCUT2D eigenvalue weighted by molar-refractivity contribution is -0.139. The summed E-state index contributed by atoms with van der Waals surface area (Å²) in [4.78, 5) is 42.0. The van der Waals surface area contributed by atoms with Crippen molar-refractivity contribution in [3.63, 3.8) is 0 Å². The van der Waals surface area contributed by atoms with E-state index < -0.39 is 17.7 Å². The van der Waals surface area contributed by atoms with Gasteiger partial charge in [0.25, 0.3) is 11.7 Å². The van der Waals surface area contributed by atoms with E-state index in [0.717, 1.165) is 5.69 Å². The molecule has 1 atom stereocenters. The maximum absolute atomic E-state index is 13.5. The van der Waals surface area contributed by atoms with Crippen LogP contribution in [-0.2, 0) is 25.5 Å². The van der Waals surface area contributed by atoms with Crippen LogP contribution in [0.3, 0.4) is 0 Å².